The van der Waals surface area contributed by atoms with E-state index in [4.69, 9.17) is 0 Å². The van der Waals surface area contributed by atoms with E-state index >= 15 is 0 Å². The Labute approximate surface area is 172 Å². The van der Waals surface area contributed by atoms with Crippen molar-refractivity contribution in [2.45, 2.75) is 19.9 Å². The molecule has 2 heterocycles. The lowest BCUT2D eigenvalue weighted by Gasteiger charge is -2.07. The second-order valence-electron chi connectivity index (χ2n) is 6.95. The molecule has 1 N–H and O–H groups in total. The predicted molar refractivity (Wildman–Crippen MR) is 116 cm³/mol. The van der Waals surface area contributed by atoms with Crippen LogP contribution in [0.3, 0.4) is 0 Å². The Morgan fingerprint density at radius 1 is 1.10 bits per heavy atom. The Morgan fingerprint density at radius 2 is 1.90 bits per heavy atom. The normalized spacial score (nSPS) is 11.0. The fraction of sp³-hybridized carbons (Fsp3) is 0.182. The summed E-state index contributed by atoms with van der Waals surface area (Å²) >= 11 is 0. The first-order chi connectivity index (χ1) is 14.6. The number of imidazole rings is 1. The molecular formula is C22H21N5O3. The number of rotatable bonds is 7. The van der Waals surface area contributed by atoms with Gasteiger partial charge in [-0.25, -0.2) is 14.3 Å². The summed E-state index contributed by atoms with van der Waals surface area (Å²) in [6, 6.07) is 17.6. The molecular weight excluding hydrogens is 382 g/mol. The molecule has 0 atom stereocenters. The highest BCUT2D eigenvalue weighted by atomic mass is 16.6. The largest absolute Gasteiger partial charge is 0.385 e. The summed E-state index contributed by atoms with van der Waals surface area (Å²) in [5, 5.41) is 14.5. The molecule has 8 heteroatoms. The number of pyridine rings is 1. The second-order valence-corrected chi connectivity index (χ2v) is 6.95. The summed E-state index contributed by atoms with van der Waals surface area (Å²) in [7, 11) is 0. The molecule has 0 aliphatic rings. The van der Waals surface area contributed by atoms with Gasteiger partial charge < -0.3 is 5.32 Å². The molecule has 0 fully saturated rings. The molecule has 2 aromatic carbocycles. The van der Waals surface area contributed by atoms with Crippen molar-refractivity contribution in [3.8, 4) is 5.69 Å². The van der Waals surface area contributed by atoms with Crippen molar-refractivity contribution in [1.29, 1.82) is 0 Å². The Kier molecular flexibility index (Phi) is 5.30. The van der Waals surface area contributed by atoms with Crippen molar-refractivity contribution in [1.82, 2.24) is 14.1 Å². The molecule has 0 spiro atoms. The average Bonchev–Trinajstić information content (AvgIpc) is 3.04. The molecule has 0 amide bonds. The summed E-state index contributed by atoms with van der Waals surface area (Å²) in [6.07, 6.45) is 2.65. The van der Waals surface area contributed by atoms with Gasteiger partial charge in [0.2, 0.25) is 0 Å². The van der Waals surface area contributed by atoms with Crippen LogP contribution in [0.4, 0.5) is 11.4 Å². The number of nitro benzene ring substituents is 1. The van der Waals surface area contributed by atoms with Gasteiger partial charge in [0.05, 0.1) is 22.7 Å². The van der Waals surface area contributed by atoms with E-state index in [1.54, 1.807) is 29.0 Å². The Morgan fingerprint density at radius 3 is 2.63 bits per heavy atom. The minimum Gasteiger partial charge on any atom is -0.385 e. The molecule has 0 radical (unpaired) electrons. The van der Waals surface area contributed by atoms with Gasteiger partial charge in [0, 0.05) is 30.6 Å². The van der Waals surface area contributed by atoms with E-state index in [1.165, 1.54) is 16.7 Å². The zero-order valence-electron chi connectivity index (χ0n) is 16.5. The first kappa shape index (κ1) is 19.4. The van der Waals surface area contributed by atoms with E-state index in [1.807, 2.05) is 30.3 Å². The third-order valence-corrected chi connectivity index (χ3v) is 4.86. The van der Waals surface area contributed by atoms with E-state index in [2.05, 4.69) is 17.2 Å². The second kappa shape index (κ2) is 8.20. The fourth-order valence-corrected chi connectivity index (χ4v) is 3.40. The van der Waals surface area contributed by atoms with Crippen molar-refractivity contribution in [2.75, 3.05) is 11.9 Å². The average molecular weight is 403 g/mol. The monoisotopic (exact) mass is 403 g/mol. The molecule has 2 aromatic heterocycles. The summed E-state index contributed by atoms with van der Waals surface area (Å²) in [6.45, 7) is 3.39. The van der Waals surface area contributed by atoms with E-state index < -0.39 is 4.92 Å². The number of anilines is 1. The highest BCUT2D eigenvalue weighted by Gasteiger charge is 2.17. The Bertz CT molecular complexity index is 1260. The number of hydrogen-bond acceptors (Lipinski definition) is 5. The maximum absolute atomic E-state index is 13.3. The Hall–Kier alpha value is -3.94. The van der Waals surface area contributed by atoms with Crippen molar-refractivity contribution in [3.63, 3.8) is 0 Å². The highest BCUT2D eigenvalue weighted by Crippen LogP contribution is 2.21. The zero-order valence-corrected chi connectivity index (χ0v) is 16.5. The van der Waals surface area contributed by atoms with Gasteiger partial charge >= 0.3 is 5.69 Å². The lowest BCUT2D eigenvalue weighted by molar-refractivity contribution is -0.384. The van der Waals surface area contributed by atoms with Gasteiger partial charge in [-0.1, -0.05) is 25.1 Å². The molecule has 152 valence electrons. The zero-order chi connectivity index (χ0) is 21.1. The molecule has 8 nitrogen and oxygen atoms in total. The van der Waals surface area contributed by atoms with Crippen LogP contribution in [-0.4, -0.2) is 25.6 Å². The van der Waals surface area contributed by atoms with E-state index in [-0.39, 0.29) is 11.4 Å². The minimum absolute atomic E-state index is 0.0774. The summed E-state index contributed by atoms with van der Waals surface area (Å²) in [4.78, 5) is 28.3. The SMILES string of the molecule is CCCNc1ccc(Cn2c(=O)n(-c3cccc([N+](=O)[O-])c3)c3ncccc32)cc1. The van der Waals surface area contributed by atoms with Crippen LogP contribution in [0.1, 0.15) is 18.9 Å². The molecule has 0 aliphatic carbocycles. The number of benzene rings is 2. The molecule has 4 rings (SSSR count). The molecule has 0 saturated carbocycles. The smallest absolute Gasteiger partial charge is 0.335 e. The number of aromatic nitrogens is 3. The van der Waals surface area contributed by atoms with Crippen molar-refractivity contribution in [3.05, 3.63) is 93.0 Å². The lowest BCUT2D eigenvalue weighted by Crippen LogP contribution is -2.23. The van der Waals surface area contributed by atoms with Crippen LogP contribution < -0.4 is 11.0 Å². The van der Waals surface area contributed by atoms with Crippen LogP contribution in [0.5, 0.6) is 0 Å². The van der Waals surface area contributed by atoms with Crippen molar-refractivity contribution >= 4 is 22.5 Å². The first-order valence-corrected chi connectivity index (χ1v) is 9.72. The highest BCUT2D eigenvalue weighted by molar-refractivity contribution is 5.74. The summed E-state index contributed by atoms with van der Waals surface area (Å²) < 4.78 is 3.05. The molecule has 0 bridgehead atoms. The first-order valence-electron chi connectivity index (χ1n) is 9.72. The molecule has 0 unspecified atom stereocenters. The molecule has 4 aromatic rings. The van der Waals surface area contributed by atoms with Gasteiger partial charge in [-0.15, -0.1) is 0 Å². The third-order valence-electron chi connectivity index (χ3n) is 4.86. The van der Waals surface area contributed by atoms with Crippen LogP contribution in [0, 0.1) is 10.1 Å². The predicted octanol–water partition coefficient (Wildman–Crippen LogP) is 3.97. The van der Waals surface area contributed by atoms with Gasteiger partial charge in [0.1, 0.15) is 0 Å². The maximum atomic E-state index is 13.3. The van der Waals surface area contributed by atoms with E-state index in [0.29, 0.717) is 23.4 Å². The number of fused-ring (bicyclic) bond motifs is 1. The van der Waals surface area contributed by atoms with Crippen LogP contribution in [-0.2, 0) is 6.54 Å². The van der Waals surface area contributed by atoms with Gasteiger partial charge in [-0.2, -0.15) is 0 Å². The number of nitro groups is 1. The fourth-order valence-electron chi connectivity index (χ4n) is 3.40. The molecule has 30 heavy (non-hydrogen) atoms. The lowest BCUT2D eigenvalue weighted by atomic mass is 10.2. The Balaban J connectivity index is 1.77. The van der Waals surface area contributed by atoms with E-state index in [9.17, 15) is 14.9 Å². The summed E-state index contributed by atoms with van der Waals surface area (Å²) in [5.74, 6) is 0. The van der Waals surface area contributed by atoms with Crippen molar-refractivity contribution < 1.29 is 4.92 Å². The number of nitrogens with one attached hydrogen (secondary N) is 1. The van der Waals surface area contributed by atoms with Gasteiger partial charge in [0.25, 0.3) is 5.69 Å². The van der Waals surface area contributed by atoms with Gasteiger partial charge in [0.15, 0.2) is 5.65 Å². The van der Waals surface area contributed by atoms with Gasteiger partial charge in [-0.05, 0) is 42.3 Å². The standard InChI is InChI=1S/C22H21N5O3/c1-2-12-23-17-10-8-16(9-11-17)15-25-20-7-4-13-24-21(20)26(22(25)28)18-5-3-6-19(14-18)27(29)30/h3-11,13-14,23H,2,12,15H2,1H3. The van der Waals surface area contributed by atoms with Crippen molar-refractivity contribution in [2.24, 2.45) is 0 Å². The molecule has 0 saturated heterocycles. The topological polar surface area (TPSA) is 95.0 Å². The molecule has 0 aliphatic heterocycles. The number of non-ortho nitro benzene ring substituents is 1. The van der Waals surface area contributed by atoms with Crippen LogP contribution in [0.2, 0.25) is 0 Å². The number of hydrogen-bond donors (Lipinski definition) is 1. The van der Waals surface area contributed by atoms with Crippen LogP contribution >= 0.6 is 0 Å². The third kappa shape index (κ3) is 3.67. The van der Waals surface area contributed by atoms with Crippen LogP contribution in [0.15, 0.2) is 71.7 Å². The van der Waals surface area contributed by atoms with E-state index in [0.717, 1.165) is 24.2 Å². The quantitative estimate of drug-likeness (QED) is 0.372. The maximum Gasteiger partial charge on any atom is 0.335 e. The van der Waals surface area contributed by atoms with Crippen LogP contribution in [0.25, 0.3) is 16.9 Å². The van der Waals surface area contributed by atoms with Gasteiger partial charge in [-0.3, -0.25) is 14.7 Å². The summed E-state index contributed by atoms with van der Waals surface area (Å²) in [5.41, 5.74) is 3.18. The minimum atomic E-state index is -0.477. The number of nitrogens with zero attached hydrogens (tertiary/aromatic N) is 4.